The van der Waals surface area contributed by atoms with E-state index in [9.17, 15) is 4.79 Å². The van der Waals surface area contributed by atoms with Crippen LogP contribution in [0.1, 0.15) is 30.7 Å². The van der Waals surface area contributed by atoms with Crippen molar-refractivity contribution in [1.82, 2.24) is 15.6 Å². The highest BCUT2D eigenvalue weighted by Gasteiger charge is 2.19. The number of nitrogens with zero attached hydrogens (tertiary/aromatic N) is 1. The number of carbonyl (C=O) groups excluding carboxylic acids is 1. The highest BCUT2D eigenvalue weighted by Crippen LogP contribution is 2.18. The van der Waals surface area contributed by atoms with E-state index >= 15 is 0 Å². The Hall–Kier alpha value is -1.59. The molecule has 0 unspecified atom stereocenters. The molecule has 1 aromatic carbocycles. The summed E-state index contributed by atoms with van der Waals surface area (Å²) < 4.78 is 5.70. The van der Waals surface area contributed by atoms with Crippen molar-refractivity contribution in [3.8, 4) is 0 Å². The van der Waals surface area contributed by atoms with E-state index in [2.05, 4.69) is 15.6 Å². The third-order valence-corrected chi connectivity index (χ3v) is 3.93. The largest absolute Gasteiger partial charge is 0.441 e. The van der Waals surface area contributed by atoms with Gasteiger partial charge in [-0.25, -0.2) is 4.98 Å². The number of aromatic nitrogens is 1. The summed E-state index contributed by atoms with van der Waals surface area (Å²) in [5.41, 5.74) is 2.83. The number of aryl methyl sites for hydroxylation is 1. The van der Waals surface area contributed by atoms with E-state index < -0.39 is 0 Å². The first-order valence-corrected chi connectivity index (χ1v) is 7.60. The lowest BCUT2D eigenvalue weighted by molar-refractivity contribution is -0.123. The van der Waals surface area contributed by atoms with Crippen molar-refractivity contribution >= 4 is 29.4 Å². The average Bonchev–Trinajstić information content (AvgIpc) is 2.92. The van der Waals surface area contributed by atoms with Gasteiger partial charge in [0.15, 0.2) is 11.5 Å². The molecule has 0 saturated carbocycles. The highest BCUT2D eigenvalue weighted by molar-refractivity contribution is 5.85. The van der Waals surface area contributed by atoms with E-state index in [1.807, 2.05) is 25.1 Å². The summed E-state index contributed by atoms with van der Waals surface area (Å²) in [5, 5.41) is 6.20. The van der Waals surface area contributed by atoms with Crippen LogP contribution in [0.25, 0.3) is 11.1 Å². The van der Waals surface area contributed by atoms with Gasteiger partial charge in [-0.15, -0.1) is 12.4 Å². The molecule has 1 saturated heterocycles. The number of para-hydroxylation sites is 1. The molecule has 6 heteroatoms. The molecule has 0 radical (unpaired) electrons. The topological polar surface area (TPSA) is 67.2 Å². The lowest BCUT2D eigenvalue weighted by atomic mass is 10.0. The van der Waals surface area contributed by atoms with Crippen LogP contribution in [0.4, 0.5) is 0 Å². The molecule has 2 aromatic rings. The number of nitrogens with one attached hydrogen (secondary N) is 2. The Kier molecular flexibility index (Phi) is 5.80. The number of benzene rings is 1. The van der Waals surface area contributed by atoms with Gasteiger partial charge in [0.1, 0.15) is 5.52 Å². The van der Waals surface area contributed by atoms with Gasteiger partial charge in [0.05, 0.1) is 6.04 Å². The fraction of sp³-hybridized carbons (Fsp3) is 0.500. The number of oxazole rings is 1. The molecule has 1 aromatic heterocycles. The van der Waals surface area contributed by atoms with Gasteiger partial charge in [0.2, 0.25) is 5.91 Å². The SMILES string of the molecule is Cc1cccc2oc(CCNC(=O)[C@@H]3CCCCN3)nc12.Cl. The molecule has 120 valence electrons. The first-order chi connectivity index (χ1) is 10.2. The van der Waals surface area contributed by atoms with E-state index in [1.165, 1.54) is 0 Å². The van der Waals surface area contributed by atoms with Crippen molar-refractivity contribution in [2.24, 2.45) is 0 Å². The number of piperidine rings is 1. The number of halogens is 1. The third kappa shape index (κ3) is 3.78. The third-order valence-electron chi connectivity index (χ3n) is 3.93. The van der Waals surface area contributed by atoms with Crippen LogP contribution in [0.2, 0.25) is 0 Å². The van der Waals surface area contributed by atoms with Gasteiger partial charge in [0.25, 0.3) is 0 Å². The standard InChI is InChI=1S/C16H21N3O2.ClH/c1-11-5-4-7-13-15(11)19-14(21-13)8-10-18-16(20)12-6-2-3-9-17-12;/h4-5,7,12,17H,2-3,6,8-10H2,1H3,(H,18,20);1H/t12-;/m0./s1. The lowest BCUT2D eigenvalue weighted by Crippen LogP contribution is -2.47. The van der Waals surface area contributed by atoms with Gasteiger partial charge >= 0.3 is 0 Å². The zero-order chi connectivity index (χ0) is 14.7. The monoisotopic (exact) mass is 323 g/mol. The Balaban J connectivity index is 0.00000176. The Bertz CT molecular complexity index is 635. The predicted molar refractivity (Wildman–Crippen MR) is 88.3 cm³/mol. The van der Waals surface area contributed by atoms with Gasteiger partial charge in [-0.2, -0.15) is 0 Å². The molecule has 2 heterocycles. The lowest BCUT2D eigenvalue weighted by Gasteiger charge is -2.22. The second-order valence-corrected chi connectivity index (χ2v) is 5.57. The summed E-state index contributed by atoms with van der Waals surface area (Å²) in [6, 6.07) is 5.86. The van der Waals surface area contributed by atoms with Crippen molar-refractivity contribution in [1.29, 1.82) is 0 Å². The van der Waals surface area contributed by atoms with Gasteiger partial charge in [-0.05, 0) is 37.9 Å². The van der Waals surface area contributed by atoms with Gasteiger partial charge < -0.3 is 15.1 Å². The number of hydrogen-bond donors (Lipinski definition) is 2. The molecule has 1 atom stereocenters. The van der Waals surface area contributed by atoms with E-state index in [4.69, 9.17) is 4.42 Å². The van der Waals surface area contributed by atoms with Crippen LogP contribution in [-0.2, 0) is 11.2 Å². The number of rotatable bonds is 4. The quantitative estimate of drug-likeness (QED) is 0.906. The number of fused-ring (bicyclic) bond motifs is 1. The van der Waals surface area contributed by atoms with Crippen LogP contribution >= 0.6 is 12.4 Å². The summed E-state index contributed by atoms with van der Waals surface area (Å²) in [4.78, 5) is 16.5. The molecular weight excluding hydrogens is 302 g/mol. The second kappa shape index (κ2) is 7.61. The zero-order valence-corrected chi connectivity index (χ0v) is 13.5. The summed E-state index contributed by atoms with van der Waals surface area (Å²) in [6.45, 7) is 3.51. The number of hydrogen-bond acceptors (Lipinski definition) is 4. The summed E-state index contributed by atoms with van der Waals surface area (Å²) >= 11 is 0. The Labute approximate surface area is 136 Å². The molecule has 0 aliphatic carbocycles. The molecular formula is C16H22ClN3O2. The highest BCUT2D eigenvalue weighted by atomic mass is 35.5. The predicted octanol–water partition coefficient (Wildman–Crippen LogP) is 2.36. The van der Waals surface area contributed by atoms with Gasteiger partial charge in [0, 0.05) is 13.0 Å². The fourth-order valence-electron chi connectivity index (χ4n) is 2.73. The minimum Gasteiger partial charge on any atom is -0.441 e. The number of carbonyl (C=O) groups is 1. The molecule has 3 rings (SSSR count). The maximum Gasteiger partial charge on any atom is 0.237 e. The molecule has 22 heavy (non-hydrogen) atoms. The molecule has 5 nitrogen and oxygen atoms in total. The van der Waals surface area contributed by atoms with Crippen molar-refractivity contribution in [2.75, 3.05) is 13.1 Å². The average molecular weight is 324 g/mol. The smallest absolute Gasteiger partial charge is 0.237 e. The minimum absolute atomic E-state index is 0. The van der Waals surface area contributed by atoms with Crippen LogP contribution in [0.5, 0.6) is 0 Å². The Morgan fingerprint density at radius 2 is 2.32 bits per heavy atom. The van der Waals surface area contributed by atoms with Crippen molar-refractivity contribution in [3.63, 3.8) is 0 Å². The van der Waals surface area contributed by atoms with E-state index in [1.54, 1.807) is 0 Å². The molecule has 0 spiro atoms. The van der Waals surface area contributed by atoms with Crippen molar-refractivity contribution in [2.45, 2.75) is 38.6 Å². The normalized spacial score (nSPS) is 18.0. The molecule has 2 N–H and O–H groups in total. The minimum atomic E-state index is -0.0374. The van der Waals surface area contributed by atoms with E-state index in [-0.39, 0.29) is 24.4 Å². The Morgan fingerprint density at radius 1 is 1.45 bits per heavy atom. The molecule has 1 amide bonds. The summed E-state index contributed by atoms with van der Waals surface area (Å²) in [7, 11) is 0. The van der Waals surface area contributed by atoms with Crippen LogP contribution in [0.15, 0.2) is 22.6 Å². The van der Waals surface area contributed by atoms with Crippen molar-refractivity contribution < 1.29 is 9.21 Å². The zero-order valence-electron chi connectivity index (χ0n) is 12.7. The Morgan fingerprint density at radius 3 is 3.05 bits per heavy atom. The molecule has 1 aliphatic rings. The molecule has 1 fully saturated rings. The van der Waals surface area contributed by atoms with Crippen LogP contribution < -0.4 is 10.6 Å². The van der Waals surface area contributed by atoms with Crippen LogP contribution in [-0.4, -0.2) is 30.0 Å². The van der Waals surface area contributed by atoms with Gasteiger partial charge in [-0.1, -0.05) is 18.6 Å². The maximum absolute atomic E-state index is 12.0. The first-order valence-electron chi connectivity index (χ1n) is 7.60. The summed E-state index contributed by atoms with van der Waals surface area (Å²) in [5.74, 6) is 0.762. The molecule has 1 aliphatic heterocycles. The second-order valence-electron chi connectivity index (χ2n) is 5.57. The fourth-order valence-corrected chi connectivity index (χ4v) is 2.73. The summed E-state index contributed by atoms with van der Waals surface area (Å²) in [6.07, 6.45) is 3.82. The van der Waals surface area contributed by atoms with E-state index in [0.717, 1.165) is 42.5 Å². The van der Waals surface area contributed by atoms with Crippen molar-refractivity contribution in [3.05, 3.63) is 29.7 Å². The van der Waals surface area contributed by atoms with Crippen LogP contribution in [0, 0.1) is 6.92 Å². The number of amides is 1. The van der Waals surface area contributed by atoms with Crippen LogP contribution in [0.3, 0.4) is 0 Å². The maximum atomic E-state index is 12.0. The van der Waals surface area contributed by atoms with Gasteiger partial charge in [-0.3, -0.25) is 4.79 Å². The molecule has 0 bridgehead atoms. The first kappa shape index (κ1) is 16.8. The van der Waals surface area contributed by atoms with E-state index in [0.29, 0.717) is 18.9 Å².